The van der Waals surface area contributed by atoms with Crippen LogP contribution in [0.3, 0.4) is 0 Å². The summed E-state index contributed by atoms with van der Waals surface area (Å²) in [6.07, 6.45) is 5.05. The van der Waals surface area contributed by atoms with Gasteiger partial charge in [-0.3, -0.25) is 0 Å². The summed E-state index contributed by atoms with van der Waals surface area (Å²) >= 11 is 0. The lowest BCUT2D eigenvalue weighted by Gasteiger charge is -2.33. The summed E-state index contributed by atoms with van der Waals surface area (Å²) in [6.45, 7) is 15.3. The predicted octanol–water partition coefficient (Wildman–Crippen LogP) is 3.21. The van der Waals surface area contributed by atoms with Crippen LogP contribution < -0.4 is 5.32 Å². The highest BCUT2D eigenvalue weighted by Gasteiger charge is 2.25. The van der Waals surface area contributed by atoms with Crippen LogP contribution in [0.25, 0.3) is 0 Å². The standard InChI is InChI=1S/C14H27N3/c1-7-17-9-8-15-12(17)10-16-14(5,6)11-13(2,3)4/h8-9,16H,7,10-11H2,1-6H3. The molecule has 0 unspecified atom stereocenters. The maximum Gasteiger partial charge on any atom is 0.122 e. The molecule has 1 N–H and O–H groups in total. The molecule has 98 valence electrons. The molecule has 1 heterocycles. The molecule has 17 heavy (non-hydrogen) atoms. The third kappa shape index (κ3) is 4.90. The molecular formula is C14H27N3. The van der Waals surface area contributed by atoms with Crippen molar-refractivity contribution >= 4 is 0 Å². The zero-order chi connectivity index (χ0) is 13.1. The second-order valence-electron chi connectivity index (χ2n) is 6.60. The van der Waals surface area contributed by atoms with Crippen LogP contribution in [0.2, 0.25) is 0 Å². The van der Waals surface area contributed by atoms with Crippen molar-refractivity contribution in [1.82, 2.24) is 14.9 Å². The van der Waals surface area contributed by atoms with E-state index in [1.165, 1.54) is 0 Å². The van der Waals surface area contributed by atoms with Crippen LogP contribution in [-0.4, -0.2) is 15.1 Å². The Bertz CT molecular complexity index is 345. The van der Waals surface area contributed by atoms with Crippen LogP contribution in [0.4, 0.5) is 0 Å². The van der Waals surface area contributed by atoms with Gasteiger partial charge in [-0.1, -0.05) is 20.8 Å². The Morgan fingerprint density at radius 3 is 2.41 bits per heavy atom. The average molecular weight is 237 g/mol. The summed E-state index contributed by atoms with van der Waals surface area (Å²) in [5.41, 5.74) is 0.486. The number of aromatic nitrogens is 2. The number of rotatable bonds is 5. The SMILES string of the molecule is CCn1ccnc1CNC(C)(C)CC(C)(C)C. The second-order valence-corrected chi connectivity index (χ2v) is 6.60. The van der Waals surface area contributed by atoms with Crippen molar-refractivity contribution in [1.29, 1.82) is 0 Å². The van der Waals surface area contributed by atoms with Gasteiger partial charge < -0.3 is 9.88 Å². The first kappa shape index (κ1) is 14.2. The zero-order valence-electron chi connectivity index (χ0n) is 12.2. The van der Waals surface area contributed by atoms with E-state index in [0.717, 1.165) is 25.3 Å². The summed E-state index contributed by atoms with van der Waals surface area (Å²) in [6, 6.07) is 0. The van der Waals surface area contributed by atoms with Crippen molar-refractivity contribution in [2.24, 2.45) is 5.41 Å². The summed E-state index contributed by atoms with van der Waals surface area (Å²) in [4.78, 5) is 4.39. The highest BCUT2D eigenvalue weighted by atomic mass is 15.1. The molecule has 3 heteroatoms. The number of nitrogens with zero attached hydrogens (tertiary/aromatic N) is 2. The molecule has 0 aliphatic heterocycles. The van der Waals surface area contributed by atoms with Gasteiger partial charge in [0.25, 0.3) is 0 Å². The monoisotopic (exact) mass is 237 g/mol. The van der Waals surface area contributed by atoms with Gasteiger partial charge in [0.05, 0.1) is 6.54 Å². The summed E-state index contributed by atoms with van der Waals surface area (Å²) in [5, 5.41) is 3.61. The second kappa shape index (κ2) is 5.21. The lowest BCUT2D eigenvalue weighted by molar-refractivity contribution is 0.238. The van der Waals surface area contributed by atoms with E-state index < -0.39 is 0 Å². The fourth-order valence-corrected chi connectivity index (χ4v) is 2.50. The normalized spacial score (nSPS) is 13.1. The number of hydrogen-bond donors (Lipinski definition) is 1. The van der Waals surface area contributed by atoms with E-state index in [1.54, 1.807) is 0 Å². The van der Waals surface area contributed by atoms with Crippen LogP contribution in [0.15, 0.2) is 12.4 Å². The number of aryl methyl sites for hydroxylation is 1. The summed E-state index contributed by atoms with van der Waals surface area (Å²) in [7, 11) is 0. The van der Waals surface area contributed by atoms with Gasteiger partial charge >= 0.3 is 0 Å². The third-order valence-corrected chi connectivity index (χ3v) is 2.84. The van der Waals surface area contributed by atoms with Gasteiger partial charge in [-0.15, -0.1) is 0 Å². The van der Waals surface area contributed by atoms with Crippen molar-refractivity contribution in [2.45, 2.75) is 66.6 Å². The lowest BCUT2D eigenvalue weighted by atomic mass is 9.82. The Morgan fingerprint density at radius 1 is 1.24 bits per heavy atom. The number of nitrogens with one attached hydrogen (secondary N) is 1. The molecule has 0 aliphatic rings. The smallest absolute Gasteiger partial charge is 0.122 e. The first-order chi connectivity index (χ1) is 7.73. The Balaban J connectivity index is 2.55. The molecule has 1 aromatic rings. The van der Waals surface area contributed by atoms with Crippen LogP contribution in [-0.2, 0) is 13.1 Å². The van der Waals surface area contributed by atoms with Crippen molar-refractivity contribution < 1.29 is 0 Å². The van der Waals surface area contributed by atoms with Crippen LogP contribution >= 0.6 is 0 Å². The van der Waals surface area contributed by atoms with Gasteiger partial charge in [0.15, 0.2) is 0 Å². The van der Waals surface area contributed by atoms with E-state index in [2.05, 4.69) is 56.4 Å². The molecule has 0 aromatic carbocycles. The van der Waals surface area contributed by atoms with E-state index in [9.17, 15) is 0 Å². The molecule has 1 aromatic heterocycles. The topological polar surface area (TPSA) is 29.9 Å². The first-order valence-electron chi connectivity index (χ1n) is 6.48. The summed E-state index contributed by atoms with van der Waals surface area (Å²) in [5.74, 6) is 1.12. The lowest BCUT2D eigenvalue weighted by Crippen LogP contribution is -2.42. The molecular weight excluding hydrogens is 210 g/mol. The average Bonchev–Trinajstić information content (AvgIpc) is 2.58. The van der Waals surface area contributed by atoms with Crippen molar-refractivity contribution in [3.63, 3.8) is 0 Å². The molecule has 0 spiro atoms. The predicted molar refractivity (Wildman–Crippen MR) is 72.9 cm³/mol. The molecule has 0 saturated carbocycles. The molecule has 0 saturated heterocycles. The highest BCUT2D eigenvalue weighted by Crippen LogP contribution is 2.26. The number of imidazole rings is 1. The molecule has 0 atom stereocenters. The zero-order valence-corrected chi connectivity index (χ0v) is 12.2. The van der Waals surface area contributed by atoms with E-state index in [1.807, 2.05) is 12.4 Å². The molecule has 1 rings (SSSR count). The molecule has 0 amide bonds. The van der Waals surface area contributed by atoms with Crippen molar-refractivity contribution in [3.8, 4) is 0 Å². The minimum Gasteiger partial charge on any atom is -0.334 e. The Kier molecular flexibility index (Phi) is 4.36. The Labute approximate surface area is 106 Å². The van der Waals surface area contributed by atoms with Gasteiger partial charge in [-0.25, -0.2) is 4.98 Å². The fraction of sp³-hybridized carbons (Fsp3) is 0.786. The molecule has 3 nitrogen and oxygen atoms in total. The molecule has 0 bridgehead atoms. The molecule has 0 fully saturated rings. The van der Waals surface area contributed by atoms with E-state index >= 15 is 0 Å². The van der Waals surface area contributed by atoms with E-state index in [4.69, 9.17) is 0 Å². The Hall–Kier alpha value is -0.830. The van der Waals surface area contributed by atoms with Gasteiger partial charge in [0, 0.05) is 24.5 Å². The molecule has 0 aliphatic carbocycles. The van der Waals surface area contributed by atoms with Gasteiger partial charge in [0.1, 0.15) is 5.82 Å². The maximum absolute atomic E-state index is 4.39. The highest BCUT2D eigenvalue weighted by molar-refractivity contribution is 4.94. The van der Waals surface area contributed by atoms with Crippen LogP contribution in [0, 0.1) is 5.41 Å². The Morgan fingerprint density at radius 2 is 1.88 bits per heavy atom. The minimum atomic E-state index is 0.142. The van der Waals surface area contributed by atoms with Crippen molar-refractivity contribution in [2.75, 3.05) is 0 Å². The first-order valence-corrected chi connectivity index (χ1v) is 6.48. The number of hydrogen-bond acceptors (Lipinski definition) is 2. The minimum absolute atomic E-state index is 0.142. The largest absolute Gasteiger partial charge is 0.334 e. The fourth-order valence-electron chi connectivity index (χ4n) is 2.50. The van der Waals surface area contributed by atoms with E-state index in [0.29, 0.717) is 5.41 Å². The van der Waals surface area contributed by atoms with Gasteiger partial charge in [0.2, 0.25) is 0 Å². The maximum atomic E-state index is 4.39. The molecule has 0 radical (unpaired) electrons. The van der Waals surface area contributed by atoms with E-state index in [-0.39, 0.29) is 5.54 Å². The van der Waals surface area contributed by atoms with Crippen LogP contribution in [0.5, 0.6) is 0 Å². The quantitative estimate of drug-likeness (QED) is 0.852. The summed E-state index contributed by atoms with van der Waals surface area (Å²) < 4.78 is 2.18. The van der Waals surface area contributed by atoms with Gasteiger partial charge in [-0.05, 0) is 32.6 Å². The third-order valence-electron chi connectivity index (χ3n) is 2.84. The van der Waals surface area contributed by atoms with Gasteiger partial charge in [-0.2, -0.15) is 0 Å². The van der Waals surface area contributed by atoms with Crippen molar-refractivity contribution in [3.05, 3.63) is 18.2 Å². The van der Waals surface area contributed by atoms with Crippen LogP contribution in [0.1, 0.15) is 53.8 Å².